The highest BCUT2D eigenvalue weighted by molar-refractivity contribution is 7.15. The Bertz CT molecular complexity index is 616. The van der Waals surface area contributed by atoms with Crippen LogP contribution in [-0.4, -0.2) is 18.1 Å². The summed E-state index contributed by atoms with van der Waals surface area (Å²) >= 11 is 7.27. The number of hydrogen-bond acceptors (Lipinski definition) is 4. The molecule has 0 aliphatic rings. The van der Waals surface area contributed by atoms with Gasteiger partial charge >= 0.3 is 0 Å². The summed E-state index contributed by atoms with van der Waals surface area (Å²) in [4.78, 5) is 5.57. The van der Waals surface area contributed by atoms with E-state index in [-0.39, 0.29) is 5.82 Å². The summed E-state index contributed by atoms with van der Waals surface area (Å²) in [6.07, 6.45) is 0. The zero-order valence-electron chi connectivity index (χ0n) is 12.2. The highest BCUT2D eigenvalue weighted by atomic mass is 35.5. The number of nitrogens with one attached hydrogen (secondary N) is 1. The second-order valence-corrected chi connectivity index (χ2v) is 6.50. The number of hydrogen-bond donors (Lipinski definition) is 1. The average Bonchev–Trinajstić information content (AvgIpc) is 2.80. The van der Waals surface area contributed by atoms with Gasteiger partial charge < -0.3 is 10.1 Å². The van der Waals surface area contributed by atoms with E-state index in [1.54, 1.807) is 19.2 Å². The number of benzene rings is 1. The molecule has 2 aromatic rings. The molecule has 0 saturated carbocycles. The molecule has 0 fully saturated rings. The monoisotopic (exact) mass is 328 g/mol. The summed E-state index contributed by atoms with van der Waals surface area (Å²) in [5, 5.41) is 4.38. The lowest BCUT2D eigenvalue weighted by Crippen LogP contribution is -2.21. The second kappa shape index (κ2) is 7.31. The number of nitrogens with zero attached hydrogens (tertiary/aromatic N) is 1. The van der Waals surface area contributed by atoms with E-state index in [1.165, 1.54) is 17.4 Å². The first-order valence-corrected chi connectivity index (χ1v) is 7.87. The van der Waals surface area contributed by atoms with Gasteiger partial charge in [-0.25, -0.2) is 9.37 Å². The van der Waals surface area contributed by atoms with E-state index in [0.29, 0.717) is 34.8 Å². The van der Waals surface area contributed by atoms with Crippen LogP contribution in [0.25, 0.3) is 10.6 Å². The quantitative estimate of drug-likeness (QED) is 0.861. The predicted octanol–water partition coefficient (Wildman–Crippen LogP) is 4.25. The van der Waals surface area contributed by atoms with Crippen molar-refractivity contribution in [1.29, 1.82) is 0 Å². The van der Waals surface area contributed by atoms with Gasteiger partial charge in [0.15, 0.2) is 0 Å². The average molecular weight is 329 g/mol. The van der Waals surface area contributed by atoms with Crippen molar-refractivity contribution >= 4 is 22.9 Å². The van der Waals surface area contributed by atoms with Crippen molar-refractivity contribution in [2.45, 2.75) is 33.0 Å². The maximum atomic E-state index is 14.0. The van der Waals surface area contributed by atoms with Crippen LogP contribution in [-0.2, 0) is 17.9 Å². The highest BCUT2D eigenvalue weighted by Crippen LogP contribution is 2.31. The van der Waals surface area contributed by atoms with Crippen LogP contribution in [0.5, 0.6) is 0 Å². The van der Waals surface area contributed by atoms with Crippen LogP contribution >= 0.6 is 22.9 Å². The third-order valence-corrected chi connectivity index (χ3v) is 4.26. The van der Waals surface area contributed by atoms with E-state index in [0.717, 1.165) is 10.6 Å². The number of halogens is 2. The first kappa shape index (κ1) is 16.4. The molecule has 1 aromatic carbocycles. The fourth-order valence-electron chi connectivity index (χ4n) is 1.85. The molecule has 1 N–H and O–H groups in total. The van der Waals surface area contributed by atoms with Gasteiger partial charge in [0.05, 0.1) is 12.3 Å². The normalized spacial score (nSPS) is 11.3. The van der Waals surface area contributed by atoms with E-state index in [4.69, 9.17) is 16.3 Å². The van der Waals surface area contributed by atoms with Crippen molar-refractivity contribution in [1.82, 2.24) is 10.3 Å². The SMILES string of the molecule is COCc1nc(-c2ccc(Cl)cc2F)sc1CNC(C)C. The third-order valence-electron chi connectivity index (χ3n) is 2.89. The van der Waals surface area contributed by atoms with Crippen LogP contribution in [0.3, 0.4) is 0 Å². The summed E-state index contributed by atoms with van der Waals surface area (Å²) in [5.41, 5.74) is 1.32. The molecule has 0 aliphatic heterocycles. The summed E-state index contributed by atoms with van der Waals surface area (Å²) in [6.45, 7) is 5.28. The van der Waals surface area contributed by atoms with E-state index in [9.17, 15) is 4.39 Å². The molecule has 21 heavy (non-hydrogen) atoms. The number of thiazole rings is 1. The van der Waals surface area contributed by atoms with Crippen molar-refractivity contribution in [3.8, 4) is 10.6 Å². The van der Waals surface area contributed by atoms with Gasteiger partial charge in [-0.05, 0) is 18.2 Å². The van der Waals surface area contributed by atoms with Crippen LogP contribution in [0.15, 0.2) is 18.2 Å². The van der Waals surface area contributed by atoms with E-state index < -0.39 is 0 Å². The van der Waals surface area contributed by atoms with Crippen LogP contribution in [0.1, 0.15) is 24.4 Å². The molecule has 1 aromatic heterocycles. The number of methoxy groups -OCH3 is 1. The zero-order valence-corrected chi connectivity index (χ0v) is 13.8. The van der Waals surface area contributed by atoms with Gasteiger partial charge in [-0.15, -0.1) is 11.3 Å². The molecule has 0 radical (unpaired) electrons. The van der Waals surface area contributed by atoms with Crippen molar-refractivity contribution < 1.29 is 9.13 Å². The standard InChI is InChI=1S/C15H18ClFN2OS/c1-9(2)18-7-14-13(8-20-3)19-15(21-14)11-5-4-10(16)6-12(11)17/h4-6,9,18H,7-8H2,1-3H3. The van der Waals surface area contributed by atoms with Crippen molar-refractivity contribution in [2.24, 2.45) is 0 Å². The summed E-state index contributed by atoms with van der Waals surface area (Å²) in [6, 6.07) is 5.01. The predicted molar refractivity (Wildman–Crippen MR) is 85.2 cm³/mol. The molecule has 0 amide bonds. The molecule has 6 heteroatoms. The van der Waals surface area contributed by atoms with Gasteiger partial charge in [-0.1, -0.05) is 25.4 Å². The van der Waals surface area contributed by atoms with Crippen LogP contribution in [0.4, 0.5) is 4.39 Å². The molecule has 0 unspecified atom stereocenters. The lowest BCUT2D eigenvalue weighted by atomic mass is 10.2. The molecule has 1 heterocycles. The molecule has 0 bridgehead atoms. The largest absolute Gasteiger partial charge is 0.378 e. The maximum absolute atomic E-state index is 14.0. The van der Waals surface area contributed by atoms with Crippen molar-refractivity contribution in [3.63, 3.8) is 0 Å². The Morgan fingerprint density at radius 3 is 2.81 bits per heavy atom. The fraction of sp³-hybridized carbons (Fsp3) is 0.400. The summed E-state index contributed by atoms with van der Waals surface area (Å²) < 4.78 is 19.2. The summed E-state index contributed by atoms with van der Waals surface area (Å²) in [5.74, 6) is -0.358. The Balaban J connectivity index is 2.33. The molecule has 3 nitrogen and oxygen atoms in total. The first-order valence-electron chi connectivity index (χ1n) is 6.67. The highest BCUT2D eigenvalue weighted by Gasteiger charge is 2.15. The van der Waals surface area contributed by atoms with Gasteiger partial charge in [0.2, 0.25) is 0 Å². The molecule has 0 atom stereocenters. The minimum atomic E-state index is -0.358. The minimum Gasteiger partial charge on any atom is -0.378 e. The fourth-order valence-corrected chi connectivity index (χ4v) is 3.05. The van der Waals surface area contributed by atoms with Crippen molar-refractivity contribution in [3.05, 3.63) is 39.6 Å². The Kier molecular flexibility index (Phi) is 5.70. The molecule has 114 valence electrons. The Morgan fingerprint density at radius 1 is 1.43 bits per heavy atom. The van der Waals surface area contributed by atoms with E-state index in [2.05, 4.69) is 24.1 Å². The van der Waals surface area contributed by atoms with Gasteiger partial charge in [0.25, 0.3) is 0 Å². The number of ether oxygens (including phenoxy) is 1. The van der Waals surface area contributed by atoms with Crippen LogP contribution < -0.4 is 5.32 Å². The van der Waals surface area contributed by atoms with Gasteiger partial charge in [0, 0.05) is 35.2 Å². The molecular weight excluding hydrogens is 311 g/mol. The molecule has 0 saturated heterocycles. The minimum absolute atomic E-state index is 0.358. The van der Waals surface area contributed by atoms with Crippen molar-refractivity contribution in [2.75, 3.05) is 7.11 Å². The first-order chi connectivity index (χ1) is 10.0. The van der Waals surface area contributed by atoms with E-state index >= 15 is 0 Å². The van der Waals surface area contributed by atoms with Crippen LogP contribution in [0, 0.1) is 5.82 Å². The number of rotatable bonds is 6. The van der Waals surface area contributed by atoms with Gasteiger partial charge in [-0.2, -0.15) is 0 Å². The lowest BCUT2D eigenvalue weighted by molar-refractivity contribution is 0.181. The smallest absolute Gasteiger partial charge is 0.134 e. The molecule has 0 spiro atoms. The maximum Gasteiger partial charge on any atom is 0.134 e. The second-order valence-electron chi connectivity index (χ2n) is 4.98. The van der Waals surface area contributed by atoms with Gasteiger partial charge in [0.1, 0.15) is 10.8 Å². The van der Waals surface area contributed by atoms with E-state index in [1.807, 2.05) is 0 Å². The Hall–Kier alpha value is -1.01. The topological polar surface area (TPSA) is 34.1 Å². The molecule has 0 aliphatic carbocycles. The summed E-state index contributed by atoms with van der Waals surface area (Å²) in [7, 11) is 1.63. The third kappa shape index (κ3) is 4.23. The lowest BCUT2D eigenvalue weighted by Gasteiger charge is -2.07. The van der Waals surface area contributed by atoms with Gasteiger partial charge in [-0.3, -0.25) is 0 Å². The molecule has 2 rings (SSSR count). The molecular formula is C15H18ClFN2OS. The zero-order chi connectivity index (χ0) is 15.4. The van der Waals surface area contributed by atoms with Crippen LogP contribution in [0.2, 0.25) is 5.02 Å². The Morgan fingerprint density at radius 2 is 2.19 bits per heavy atom. The Labute approximate surface area is 133 Å². The number of aromatic nitrogens is 1.